The number of aromatic nitrogens is 2. The zero-order chi connectivity index (χ0) is 17.9. The van der Waals surface area contributed by atoms with Gasteiger partial charge in [0.05, 0.1) is 12.3 Å². The molecule has 1 fully saturated rings. The van der Waals surface area contributed by atoms with Gasteiger partial charge in [-0.3, -0.25) is 0 Å². The Morgan fingerprint density at radius 3 is 2.68 bits per heavy atom. The van der Waals surface area contributed by atoms with E-state index in [0.717, 1.165) is 18.5 Å². The molecule has 2 aromatic rings. The summed E-state index contributed by atoms with van der Waals surface area (Å²) in [6.07, 6.45) is 2.13. The quantitative estimate of drug-likeness (QED) is 0.637. The number of halogens is 3. The molecule has 1 saturated carbocycles. The summed E-state index contributed by atoms with van der Waals surface area (Å²) in [6.45, 7) is 0.280. The van der Waals surface area contributed by atoms with Gasteiger partial charge < -0.3 is 15.7 Å². The van der Waals surface area contributed by atoms with E-state index in [2.05, 4.69) is 20.6 Å². The summed E-state index contributed by atoms with van der Waals surface area (Å²) in [6, 6.07) is 7.89. The molecule has 0 amide bonds. The van der Waals surface area contributed by atoms with Crippen LogP contribution in [-0.2, 0) is 0 Å². The first kappa shape index (κ1) is 17.8. The number of aliphatic hydroxyl groups is 1. The Bertz CT molecular complexity index is 738. The Balaban J connectivity index is 1.79. The van der Waals surface area contributed by atoms with Gasteiger partial charge in [0.1, 0.15) is 5.82 Å². The van der Waals surface area contributed by atoms with Gasteiger partial charge in [0.15, 0.2) is 0 Å². The summed E-state index contributed by atoms with van der Waals surface area (Å²) in [7, 11) is 0. The highest BCUT2D eigenvalue weighted by molar-refractivity contribution is 8.00. The highest BCUT2D eigenvalue weighted by Crippen LogP contribution is 2.40. The summed E-state index contributed by atoms with van der Waals surface area (Å²) in [4.78, 5) is 8.83. The topological polar surface area (TPSA) is 70.1 Å². The van der Waals surface area contributed by atoms with E-state index >= 15 is 0 Å². The van der Waals surface area contributed by atoms with Crippen molar-refractivity contribution in [2.75, 3.05) is 23.8 Å². The summed E-state index contributed by atoms with van der Waals surface area (Å²) >= 11 is -0.155. The molecule has 3 rings (SSSR count). The van der Waals surface area contributed by atoms with Crippen LogP contribution in [-0.4, -0.2) is 33.7 Å². The van der Waals surface area contributed by atoms with Crippen LogP contribution in [0, 0.1) is 0 Å². The van der Waals surface area contributed by atoms with E-state index in [1.807, 2.05) is 6.07 Å². The van der Waals surface area contributed by atoms with Crippen molar-refractivity contribution in [1.29, 1.82) is 0 Å². The largest absolute Gasteiger partial charge is 0.446 e. The first-order valence-electron chi connectivity index (χ1n) is 7.79. The van der Waals surface area contributed by atoms with Gasteiger partial charge in [0.25, 0.3) is 0 Å². The Morgan fingerprint density at radius 1 is 1.20 bits per heavy atom. The number of nitrogens with zero attached hydrogens (tertiary/aromatic N) is 2. The second-order valence-corrected chi connectivity index (χ2v) is 6.77. The highest BCUT2D eigenvalue weighted by atomic mass is 32.2. The van der Waals surface area contributed by atoms with Crippen molar-refractivity contribution in [3.63, 3.8) is 0 Å². The Morgan fingerprint density at radius 2 is 2.00 bits per heavy atom. The van der Waals surface area contributed by atoms with E-state index in [-0.39, 0.29) is 23.3 Å². The van der Waals surface area contributed by atoms with Crippen LogP contribution < -0.4 is 10.6 Å². The minimum atomic E-state index is -4.33. The van der Waals surface area contributed by atoms with Gasteiger partial charge in [0.2, 0.25) is 5.95 Å². The average Bonchev–Trinajstić information content (AvgIpc) is 3.36. The summed E-state index contributed by atoms with van der Waals surface area (Å²) in [5.41, 5.74) is -2.92. The van der Waals surface area contributed by atoms with Crippen LogP contribution in [0.3, 0.4) is 0 Å². The van der Waals surface area contributed by atoms with Crippen LogP contribution in [0.25, 0.3) is 0 Å². The third kappa shape index (κ3) is 5.50. The number of anilines is 3. The molecule has 0 unspecified atom stereocenters. The number of benzene rings is 1. The smallest absolute Gasteiger partial charge is 0.395 e. The number of rotatable bonds is 7. The number of thioether (sulfide) groups is 1. The van der Waals surface area contributed by atoms with Crippen LogP contribution in [0.15, 0.2) is 35.2 Å². The van der Waals surface area contributed by atoms with Gasteiger partial charge in [-0.05, 0) is 42.8 Å². The molecule has 0 aliphatic heterocycles. The van der Waals surface area contributed by atoms with Crippen molar-refractivity contribution in [3.8, 4) is 0 Å². The third-order valence-corrected chi connectivity index (χ3v) is 4.20. The Hall–Kier alpha value is -2.00. The Kier molecular flexibility index (Phi) is 5.33. The van der Waals surface area contributed by atoms with Gasteiger partial charge in [-0.1, -0.05) is 6.07 Å². The van der Waals surface area contributed by atoms with E-state index in [0.29, 0.717) is 29.9 Å². The standard InChI is InChI=1S/C16H17F3N4OS/c17-16(18,19)25-12-3-1-2-11(8-12)21-14-9-13(10-4-5-10)22-15(23-14)20-6-7-24/h1-3,8-10,24H,4-7H2,(H2,20,21,22,23). The zero-order valence-corrected chi connectivity index (χ0v) is 14.0. The molecule has 1 aliphatic carbocycles. The molecule has 1 aromatic heterocycles. The molecule has 1 aliphatic rings. The molecule has 1 aromatic carbocycles. The molecule has 5 nitrogen and oxygen atoms in total. The molecule has 0 radical (unpaired) electrons. The summed E-state index contributed by atoms with van der Waals surface area (Å²) in [5, 5.41) is 14.9. The first-order chi connectivity index (χ1) is 11.9. The fourth-order valence-electron chi connectivity index (χ4n) is 2.28. The molecule has 134 valence electrons. The second kappa shape index (κ2) is 7.49. The maximum atomic E-state index is 12.5. The maximum Gasteiger partial charge on any atom is 0.446 e. The fraction of sp³-hybridized carbons (Fsp3) is 0.375. The van der Waals surface area contributed by atoms with E-state index < -0.39 is 5.51 Å². The molecule has 0 saturated heterocycles. The number of alkyl halides is 3. The molecule has 0 atom stereocenters. The minimum absolute atomic E-state index is 0.0451. The predicted molar refractivity (Wildman–Crippen MR) is 91.2 cm³/mol. The van der Waals surface area contributed by atoms with Crippen molar-refractivity contribution in [1.82, 2.24) is 9.97 Å². The van der Waals surface area contributed by atoms with Crippen LogP contribution in [0.2, 0.25) is 0 Å². The van der Waals surface area contributed by atoms with Gasteiger partial charge in [-0.25, -0.2) is 4.98 Å². The van der Waals surface area contributed by atoms with Crippen molar-refractivity contribution in [2.24, 2.45) is 0 Å². The van der Waals surface area contributed by atoms with Crippen LogP contribution in [0.5, 0.6) is 0 Å². The second-order valence-electron chi connectivity index (χ2n) is 5.63. The van der Waals surface area contributed by atoms with Crippen molar-refractivity contribution >= 4 is 29.2 Å². The molecule has 1 heterocycles. The lowest BCUT2D eigenvalue weighted by Gasteiger charge is -2.12. The predicted octanol–water partition coefficient (Wildman–Crippen LogP) is 4.11. The zero-order valence-electron chi connectivity index (χ0n) is 13.2. The van der Waals surface area contributed by atoms with Crippen molar-refractivity contribution in [3.05, 3.63) is 36.0 Å². The molecule has 0 bridgehead atoms. The monoisotopic (exact) mass is 370 g/mol. The first-order valence-corrected chi connectivity index (χ1v) is 8.61. The highest BCUT2D eigenvalue weighted by Gasteiger charge is 2.29. The van der Waals surface area contributed by atoms with Gasteiger partial charge >= 0.3 is 5.51 Å². The Labute approximate surface area is 147 Å². The van der Waals surface area contributed by atoms with Crippen molar-refractivity contribution in [2.45, 2.75) is 29.2 Å². The van der Waals surface area contributed by atoms with E-state index in [1.165, 1.54) is 12.1 Å². The van der Waals surface area contributed by atoms with Gasteiger partial charge in [0, 0.05) is 29.1 Å². The lowest BCUT2D eigenvalue weighted by molar-refractivity contribution is -0.0328. The van der Waals surface area contributed by atoms with Crippen LogP contribution >= 0.6 is 11.8 Å². The third-order valence-electron chi connectivity index (χ3n) is 3.48. The SMILES string of the molecule is OCCNc1nc(Nc2cccc(SC(F)(F)F)c2)cc(C2CC2)n1. The maximum absolute atomic E-state index is 12.5. The summed E-state index contributed by atoms with van der Waals surface area (Å²) < 4.78 is 37.5. The van der Waals surface area contributed by atoms with E-state index in [1.54, 1.807) is 12.1 Å². The lowest BCUT2D eigenvalue weighted by atomic mass is 10.2. The number of hydrogen-bond donors (Lipinski definition) is 3. The van der Waals surface area contributed by atoms with Gasteiger partial charge in [-0.2, -0.15) is 18.2 Å². The van der Waals surface area contributed by atoms with E-state index in [9.17, 15) is 13.2 Å². The number of hydrogen-bond acceptors (Lipinski definition) is 6. The van der Waals surface area contributed by atoms with Crippen LogP contribution in [0.1, 0.15) is 24.5 Å². The van der Waals surface area contributed by atoms with E-state index in [4.69, 9.17) is 5.11 Å². The lowest BCUT2D eigenvalue weighted by Crippen LogP contribution is -2.10. The molecule has 0 spiro atoms. The minimum Gasteiger partial charge on any atom is -0.395 e. The fourth-order valence-corrected chi connectivity index (χ4v) is 2.88. The molecule has 9 heteroatoms. The normalized spacial score (nSPS) is 14.4. The molecular formula is C16H17F3N4OS. The summed E-state index contributed by atoms with van der Waals surface area (Å²) in [5.74, 6) is 1.29. The van der Waals surface area contributed by atoms with Crippen molar-refractivity contribution < 1.29 is 18.3 Å². The average molecular weight is 370 g/mol. The number of nitrogens with one attached hydrogen (secondary N) is 2. The molecule has 3 N–H and O–H groups in total. The molecule has 25 heavy (non-hydrogen) atoms. The number of aliphatic hydroxyl groups excluding tert-OH is 1. The molecular weight excluding hydrogens is 353 g/mol. The van der Waals surface area contributed by atoms with Crippen LogP contribution in [0.4, 0.5) is 30.6 Å². The van der Waals surface area contributed by atoms with Gasteiger partial charge in [-0.15, -0.1) is 0 Å².